The van der Waals surface area contributed by atoms with E-state index in [1.165, 1.54) is 12.1 Å². The van der Waals surface area contributed by atoms with E-state index in [2.05, 4.69) is 0 Å². The summed E-state index contributed by atoms with van der Waals surface area (Å²) in [6, 6.07) is 6.43. The van der Waals surface area contributed by atoms with E-state index in [-0.39, 0.29) is 23.1 Å². The van der Waals surface area contributed by atoms with Crippen LogP contribution in [0.3, 0.4) is 0 Å². The minimum absolute atomic E-state index is 0.0931. The van der Waals surface area contributed by atoms with E-state index in [1.54, 1.807) is 6.07 Å². The Morgan fingerprint density at radius 1 is 1.47 bits per heavy atom. The van der Waals surface area contributed by atoms with Crippen molar-refractivity contribution in [1.82, 2.24) is 0 Å². The molecule has 1 N–H and O–H groups in total. The van der Waals surface area contributed by atoms with Crippen LogP contribution in [0.4, 0.5) is 4.39 Å². The number of rotatable bonds is 3. The first-order chi connectivity index (χ1) is 8.13. The van der Waals surface area contributed by atoms with Gasteiger partial charge in [0.25, 0.3) is 0 Å². The average molecular weight is 236 g/mol. The first-order valence-corrected chi connectivity index (χ1v) is 5.70. The molecule has 4 heteroatoms. The van der Waals surface area contributed by atoms with Gasteiger partial charge in [-0.15, -0.1) is 0 Å². The molecule has 1 aromatic rings. The van der Waals surface area contributed by atoms with Crippen LogP contribution >= 0.6 is 0 Å². The van der Waals surface area contributed by atoms with Crippen LogP contribution in [0.15, 0.2) is 24.3 Å². The van der Waals surface area contributed by atoms with Crippen molar-refractivity contribution in [1.29, 1.82) is 0 Å². The quantitative estimate of drug-likeness (QED) is 0.870. The van der Waals surface area contributed by atoms with Crippen molar-refractivity contribution in [3.63, 3.8) is 0 Å². The molecule has 0 amide bonds. The Morgan fingerprint density at radius 3 is 2.71 bits per heavy atom. The molecule has 1 aliphatic heterocycles. The van der Waals surface area contributed by atoms with E-state index in [9.17, 15) is 9.18 Å². The second-order valence-electron chi connectivity index (χ2n) is 4.95. The summed E-state index contributed by atoms with van der Waals surface area (Å²) in [4.78, 5) is 10.9. The molecule has 90 valence electrons. The molecule has 1 heterocycles. The SMILES string of the molecule is O=C(O)C1CC1C1(c2cccc(F)c2)COC1. The molecule has 1 aromatic carbocycles. The van der Waals surface area contributed by atoms with Crippen LogP contribution in [-0.4, -0.2) is 24.3 Å². The Kier molecular flexibility index (Phi) is 2.23. The summed E-state index contributed by atoms with van der Waals surface area (Å²) in [6.45, 7) is 1.01. The summed E-state index contributed by atoms with van der Waals surface area (Å²) in [7, 11) is 0. The van der Waals surface area contributed by atoms with Gasteiger partial charge >= 0.3 is 5.97 Å². The normalized spacial score (nSPS) is 29.5. The van der Waals surface area contributed by atoms with Crippen LogP contribution in [0.2, 0.25) is 0 Å². The van der Waals surface area contributed by atoms with Gasteiger partial charge in [0.2, 0.25) is 0 Å². The monoisotopic (exact) mass is 236 g/mol. The van der Waals surface area contributed by atoms with Gasteiger partial charge in [0, 0.05) is 5.41 Å². The van der Waals surface area contributed by atoms with Gasteiger partial charge in [-0.1, -0.05) is 12.1 Å². The summed E-state index contributed by atoms with van der Waals surface area (Å²) in [5, 5.41) is 8.99. The molecule has 17 heavy (non-hydrogen) atoms. The predicted octanol–water partition coefficient (Wildman–Crippen LogP) is 1.81. The predicted molar refractivity (Wildman–Crippen MR) is 58.1 cm³/mol. The molecule has 1 aliphatic carbocycles. The lowest BCUT2D eigenvalue weighted by Crippen LogP contribution is -2.49. The molecule has 3 rings (SSSR count). The molecule has 1 saturated heterocycles. The lowest BCUT2D eigenvalue weighted by Gasteiger charge is -2.42. The lowest BCUT2D eigenvalue weighted by atomic mass is 9.73. The summed E-state index contributed by atoms with van der Waals surface area (Å²) in [5.41, 5.74) is 0.600. The van der Waals surface area contributed by atoms with Crippen molar-refractivity contribution < 1.29 is 19.0 Å². The minimum atomic E-state index is -0.752. The molecular formula is C13H13FO3. The Bertz CT molecular complexity index is 467. The number of hydrogen-bond donors (Lipinski definition) is 1. The maximum Gasteiger partial charge on any atom is 0.306 e. The Hall–Kier alpha value is -1.42. The summed E-state index contributed by atoms with van der Waals surface area (Å²) < 4.78 is 18.5. The van der Waals surface area contributed by atoms with Crippen LogP contribution in [-0.2, 0) is 14.9 Å². The number of carboxylic acids is 1. The first-order valence-electron chi connectivity index (χ1n) is 5.70. The van der Waals surface area contributed by atoms with Gasteiger partial charge in [-0.25, -0.2) is 4.39 Å². The highest BCUT2D eigenvalue weighted by atomic mass is 19.1. The van der Waals surface area contributed by atoms with Crippen molar-refractivity contribution in [2.24, 2.45) is 11.8 Å². The van der Waals surface area contributed by atoms with Crippen LogP contribution in [0.5, 0.6) is 0 Å². The number of halogens is 1. The van der Waals surface area contributed by atoms with Gasteiger partial charge in [0.1, 0.15) is 5.82 Å². The maximum atomic E-state index is 13.2. The van der Waals surface area contributed by atoms with Crippen molar-refractivity contribution in [3.8, 4) is 0 Å². The average Bonchev–Trinajstić information content (AvgIpc) is 2.96. The molecule has 3 nitrogen and oxygen atoms in total. The number of ether oxygens (including phenoxy) is 1. The fourth-order valence-corrected chi connectivity index (χ4v) is 2.79. The molecule has 2 fully saturated rings. The highest BCUT2D eigenvalue weighted by Gasteiger charge is 2.60. The largest absolute Gasteiger partial charge is 0.481 e. The van der Waals surface area contributed by atoms with Crippen LogP contribution in [0.25, 0.3) is 0 Å². The van der Waals surface area contributed by atoms with Gasteiger partial charge in [0.15, 0.2) is 0 Å². The minimum Gasteiger partial charge on any atom is -0.481 e. The molecule has 0 spiro atoms. The summed E-state index contributed by atoms with van der Waals surface area (Å²) >= 11 is 0. The highest BCUT2D eigenvalue weighted by molar-refractivity contribution is 5.74. The number of carboxylic acid groups (broad SMARTS) is 1. The van der Waals surface area contributed by atoms with Gasteiger partial charge in [-0.2, -0.15) is 0 Å². The van der Waals surface area contributed by atoms with Gasteiger partial charge in [-0.05, 0) is 30.0 Å². The summed E-state index contributed by atoms with van der Waals surface area (Å²) in [5.74, 6) is -1.23. The molecule has 2 unspecified atom stereocenters. The Balaban J connectivity index is 1.91. The van der Waals surface area contributed by atoms with Gasteiger partial charge < -0.3 is 9.84 Å². The molecule has 0 aromatic heterocycles. The fraction of sp³-hybridized carbons (Fsp3) is 0.462. The van der Waals surface area contributed by atoms with Gasteiger partial charge in [-0.3, -0.25) is 4.79 Å². The van der Waals surface area contributed by atoms with E-state index in [0.717, 1.165) is 5.56 Å². The standard InChI is InChI=1S/C13H13FO3/c14-9-3-1-2-8(4-9)13(6-17-7-13)11-5-10(11)12(15)16/h1-4,10-11H,5-7H2,(H,15,16). The lowest BCUT2D eigenvalue weighted by molar-refractivity contribution is -0.140. The zero-order valence-corrected chi connectivity index (χ0v) is 9.23. The smallest absolute Gasteiger partial charge is 0.306 e. The first kappa shape index (κ1) is 10.7. The van der Waals surface area contributed by atoms with Crippen molar-refractivity contribution >= 4 is 5.97 Å². The van der Waals surface area contributed by atoms with Crippen molar-refractivity contribution in [3.05, 3.63) is 35.6 Å². The van der Waals surface area contributed by atoms with Crippen LogP contribution in [0, 0.1) is 17.7 Å². The second-order valence-corrected chi connectivity index (χ2v) is 4.95. The molecular weight excluding hydrogens is 223 g/mol. The van der Waals surface area contributed by atoms with E-state index >= 15 is 0 Å². The van der Waals surface area contributed by atoms with Gasteiger partial charge in [0.05, 0.1) is 19.1 Å². The van der Waals surface area contributed by atoms with E-state index in [0.29, 0.717) is 19.6 Å². The van der Waals surface area contributed by atoms with Crippen LogP contribution < -0.4 is 0 Å². The third kappa shape index (κ3) is 1.55. The highest BCUT2D eigenvalue weighted by Crippen LogP contribution is 2.55. The topological polar surface area (TPSA) is 46.5 Å². The summed E-state index contributed by atoms with van der Waals surface area (Å²) in [6.07, 6.45) is 0.676. The Morgan fingerprint density at radius 2 is 2.24 bits per heavy atom. The number of hydrogen-bond acceptors (Lipinski definition) is 2. The third-order valence-corrected chi connectivity index (χ3v) is 3.94. The Labute approximate surface area is 98.2 Å². The molecule has 0 radical (unpaired) electrons. The zero-order valence-electron chi connectivity index (χ0n) is 9.23. The molecule has 0 bridgehead atoms. The zero-order chi connectivity index (χ0) is 12.0. The molecule has 1 saturated carbocycles. The maximum absolute atomic E-state index is 13.2. The van der Waals surface area contributed by atoms with Crippen LogP contribution in [0.1, 0.15) is 12.0 Å². The number of carbonyl (C=O) groups is 1. The second kappa shape index (κ2) is 3.53. The number of benzene rings is 1. The third-order valence-electron chi connectivity index (χ3n) is 3.94. The van der Waals surface area contributed by atoms with E-state index < -0.39 is 5.97 Å². The molecule has 2 atom stereocenters. The fourth-order valence-electron chi connectivity index (χ4n) is 2.79. The van der Waals surface area contributed by atoms with E-state index in [1.807, 2.05) is 6.07 Å². The van der Waals surface area contributed by atoms with Crippen molar-refractivity contribution in [2.45, 2.75) is 11.8 Å². The number of aliphatic carboxylic acids is 1. The van der Waals surface area contributed by atoms with E-state index in [4.69, 9.17) is 9.84 Å². The van der Waals surface area contributed by atoms with Crippen molar-refractivity contribution in [2.75, 3.05) is 13.2 Å². The molecule has 2 aliphatic rings.